The Labute approximate surface area is 238 Å². The van der Waals surface area contributed by atoms with Gasteiger partial charge in [0.25, 0.3) is 0 Å². The fourth-order valence-corrected chi connectivity index (χ4v) is 6.23. The number of halogens is 1. The van der Waals surface area contributed by atoms with Crippen LogP contribution in [0.25, 0.3) is 0 Å². The number of piperidine rings is 1. The monoisotopic (exact) mass is 555 g/mol. The highest BCUT2D eigenvalue weighted by molar-refractivity contribution is 6.20. The van der Waals surface area contributed by atoms with E-state index in [0.29, 0.717) is 12.6 Å². The van der Waals surface area contributed by atoms with Gasteiger partial charge in [-0.15, -0.1) is 11.6 Å². The highest BCUT2D eigenvalue weighted by atomic mass is 35.5. The number of nitrogens with one attached hydrogen (secondary N) is 2. The number of alkyl halides is 1. The van der Waals surface area contributed by atoms with Crippen LogP contribution >= 0.6 is 11.6 Å². The molecule has 0 aromatic rings. The summed E-state index contributed by atoms with van der Waals surface area (Å²) < 4.78 is 0. The van der Waals surface area contributed by atoms with E-state index in [1.807, 2.05) is 7.05 Å². The largest absolute Gasteiger partial charge is 0.350 e. The van der Waals surface area contributed by atoms with E-state index >= 15 is 0 Å². The van der Waals surface area contributed by atoms with Gasteiger partial charge in [-0.25, -0.2) is 0 Å². The maximum absolute atomic E-state index is 13.9. The molecule has 0 bridgehead atoms. The van der Waals surface area contributed by atoms with Crippen molar-refractivity contribution in [2.75, 3.05) is 52.9 Å². The highest BCUT2D eigenvalue weighted by Crippen LogP contribution is 2.23. The second-order valence-corrected chi connectivity index (χ2v) is 13.1. The van der Waals surface area contributed by atoms with Crippen molar-refractivity contribution < 1.29 is 4.79 Å². The number of carbonyl (C=O) groups excluding carboxylic acids is 1. The summed E-state index contributed by atoms with van der Waals surface area (Å²) in [5, 5.41) is 6.92. The topological polar surface area (TPSA) is 103 Å². The Morgan fingerprint density at radius 1 is 1.21 bits per heavy atom. The van der Waals surface area contributed by atoms with Gasteiger partial charge in [-0.2, -0.15) is 0 Å². The van der Waals surface area contributed by atoms with Crippen LogP contribution in [0.5, 0.6) is 0 Å². The number of likely N-dealkylation sites (N-methyl/N-ethyl adjacent to an activating group) is 1. The SMILES string of the molecule is CCCCC(Cl)CN(C)C(C=C(C)CC)C(C(=O)NC1CNCCC1N1CCN(C(C)(C)C)CC1)C(N)N. The van der Waals surface area contributed by atoms with E-state index in [4.69, 9.17) is 23.1 Å². The Bertz CT molecular complexity index is 733. The van der Waals surface area contributed by atoms with E-state index in [0.717, 1.165) is 71.4 Å². The molecule has 0 aromatic heterocycles. The molecule has 9 heteroatoms. The Morgan fingerprint density at radius 3 is 2.42 bits per heavy atom. The number of carbonyl (C=O) groups is 1. The smallest absolute Gasteiger partial charge is 0.228 e. The van der Waals surface area contributed by atoms with Gasteiger partial charge >= 0.3 is 0 Å². The molecule has 6 N–H and O–H groups in total. The molecule has 0 spiro atoms. The van der Waals surface area contributed by atoms with Crippen LogP contribution < -0.4 is 22.1 Å². The van der Waals surface area contributed by atoms with E-state index in [9.17, 15) is 4.79 Å². The van der Waals surface area contributed by atoms with E-state index in [1.165, 1.54) is 5.57 Å². The van der Waals surface area contributed by atoms with Crippen LogP contribution in [0.3, 0.4) is 0 Å². The Morgan fingerprint density at radius 2 is 1.87 bits per heavy atom. The van der Waals surface area contributed by atoms with Crippen molar-refractivity contribution in [2.45, 2.75) is 109 Å². The maximum Gasteiger partial charge on any atom is 0.228 e. The third kappa shape index (κ3) is 10.0. The van der Waals surface area contributed by atoms with Crippen molar-refractivity contribution in [1.29, 1.82) is 0 Å². The maximum atomic E-state index is 13.9. The molecule has 2 saturated heterocycles. The molecule has 222 valence electrons. The molecule has 0 radical (unpaired) electrons. The lowest BCUT2D eigenvalue weighted by Gasteiger charge is -2.47. The average molecular weight is 556 g/mol. The first-order chi connectivity index (χ1) is 17.9. The Balaban J connectivity index is 2.18. The second-order valence-electron chi connectivity index (χ2n) is 12.5. The Hall–Kier alpha value is -0.740. The van der Waals surface area contributed by atoms with Gasteiger partial charge in [-0.1, -0.05) is 38.3 Å². The van der Waals surface area contributed by atoms with Gasteiger partial charge < -0.3 is 22.1 Å². The van der Waals surface area contributed by atoms with Gasteiger partial charge in [-0.3, -0.25) is 19.5 Å². The van der Waals surface area contributed by atoms with Crippen LogP contribution in [0.2, 0.25) is 0 Å². The molecule has 2 rings (SSSR count). The summed E-state index contributed by atoms with van der Waals surface area (Å²) in [6, 6.07) is 0.108. The standard InChI is InChI=1S/C29H58ClN7O/c1-8-10-11-22(30)20-35(7)25(18-21(3)9-2)26(27(31)32)28(38)34-23-19-33-13-12-24(23)36-14-16-37(17-15-36)29(4,5)6/h18,22-27,33H,8-17,19-20,31-32H2,1-7H3,(H,34,38). The molecular weight excluding hydrogens is 498 g/mol. The van der Waals surface area contributed by atoms with Crippen molar-refractivity contribution in [3.05, 3.63) is 11.6 Å². The fraction of sp³-hybridized carbons (Fsp3) is 0.897. The van der Waals surface area contributed by atoms with Crippen molar-refractivity contribution in [2.24, 2.45) is 17.4 Å². The molecule has 1 amide bonds. The van der Waals surface area contributed by atoms with Crippen LogP contribution in [0.4, 0.5) is 0 Å². The molecule has 2 aliphatic heterocycles. The quantitative estimate of drug-likeness (QED) is 0.157. The van der Waals surface area contributed by atoms with Crippen molar-refractivity contribution >= 4 is 17.5 Å². The average Bonchev–Trinajstić information content (AvgIpc) is 2.86. The van der Waals surface area contributed by atoms with Crippen molar-refractivity contribution in [3.63, 3.8) is 0 Å². The first-order valence-electron chi connectivity index (χ1n) is 14.9. The number of piperazine rings is 1. The molecule has 0 aromatic carbocycles. The van der Waals surface area contributed by atoms with Gasteiger partial charge in [0.1, 0.15) is 0 Å². The summed E-state index contributed by atoms with van der Waals surface area (Å²) in [6.45, 7) is 19.8. The van der Waals surface area contributed by atoms with Gasteiger partial charge in [0, 0.05) is 62.3 Å². The summed E-state index contributed by atoms with van der Waals surface area (Å²) in [4.78, 5) is 21.2. The zero-order valence-corrected chi connectivity index (χ0v) is 26.1. The molecular formula is C29H58ClN7O. The lowest BCUT2D eigenvalue weighted by atomic mass is 9.90. The van der Waals surface area contributed by atoms with Crippen molar-refractivity contribution in [3.8, 4) is 0 Å². The van der Waals surface area contributed by atoms with Crippen LogP contribution in [0, 0.1) is 5.92 Å². The number of unbranched alkanes of at least 4 members (excludes halogenated alkanes) is 1. The molecule has 2 aliphatic rings. The number of nitrogens with zero attached hydrogens (tertiary/aromatic N) is 3. The Kier molecular flexibility index (Phi) is 14.0. The lowest BCUT2D eigenvalue weighted by molar-refractivity contribution is -0.128. The molecule has 5 atom stereocenters. The third-order valence-electron chi connectivity index (χ3n) is 8.47. The minimum atomic E-state index is -0.780. The van der Waals surface area contributed by atoms with Gasteiger partial charge in [0.05, 0.1) is 18.1 Å². The first-order valence-corrected chi connectivity index (χ1v) is 15.4. The lowest BCUT2D eigenvalue weighted by Crippen LogP contribution is -2.66. The van der Waals surface area contributed by atoms with Gasteiger partial charge in [0.15, 0.2) is 0 Å². The van der Waals surface area contributed by atoms with Crippen LogP contribution in [-0.4, -0.2) is 109 Å². The summed E-state index contributed by atoms with van der Waals surface area (Å²) in [7, 11) is 2.04. The van der Waals surface area contributed by atoms with Gasteiger partial charge in [-0.05, 0) is 60.5 Å². The molecule has 5 unspecified atom stereocenters. The summed E-state index contributed by atoms with van der Waals surface area (Å²) in [5.74, 6) is -0.638. The molecule has 2 heterocycles. The zero-order valence-electron chi connectivity index (χ0n) is 25.3. The number of rotatable bonds is 13. The molecule has 0 saturated carbocycles. The van der Waals surface area contributed by atoms with Crippen LogP contribution in [-0.2, 0) is 4.79 Å². The molecule has 2 fully saturated rings. The zero-order chi connectivity index (χ0) is 28.5. The number of amides is 1. The summed E-state index contributed by atoms with van der Waals surface area (Å²) in [6.07, 6.45) is 6.48. The van der Waals surface area contributed by atoms with E-state index in [-0.39, 0.29) is 28.9 Å². The molecule has 0 aliphatic carbocycles. The van der Waals surface area contributed by atoms with Crippen LogP contribution in [0.1, 0.15) is 73.6 Å². The predicted molar refractivity (Wildman–Crippen MR) is 161 cm³/mol. The summed E-state index contributed by atoms with van der Waals surface area (Å²) in [5.41, 5.74) is 14.1. The van der Waals surface area contributed by atoms with E-state index < -0.39 is 12.1 Å². The minimum absolute atomic E-state index is 0.0197. The number of allylic oxidation sites excluding steroid dienone is 1. The molecule has 8 nitrogen and oxygen atoms in total. The first kappa shape index (κ1) is 33.5. The predicted octanol–water partition coefficient (Wildman–Crippen LogP) is 2.56. The molecule has 38 heavy (non-hydrogen) atoms. The third-order valence-corrected chi connectivity index (χ3v) is 8.83. The number of nitrogens with two attached hydrogens (primary N) is 2. The van der Waals surface area contributed by atoms with E-state index in [1.54, 1.807) is 0 Å². The van der Waals surface area contributed by atoms with Gasteiger partial charge in [0.2, 0.25) is 5.91 Å². The highest BCUT2D eigenvalue weighted by Gasteiger charge is 2.39. The number of hydrogen-bond donors (Lipinski definition) is 4. The fourth-order valence-electron chi connectivity index (χ4n) is 5.86. The van der Waals surface area contributed by atoms with E-state index in [2.05, 4.69) is 73.0 Å². The minimum Gasteiger partial charge on any atom is -0.350 e. The normalized spacial score (nSPS) is 25.0. The second kappa shape index (κ2) is 15.9. The summed E-state index contributed by atoms with van der Waals surface area (Å²) >= 11 is 6.69. The van der Waals surface area contributed by atoms with Crippen molar-refractivity contribution in [1.82, 2.24) is 25.3 Å². The van der Waals surface area contributed by atoms with Crippen LogP contribution in [0.15, 0.2) is 11.6 Å². The number of hydrogen-bond acceptors (Lipinski definition) is 7.